The molecule has 4 heteroatoms. The second-order valence-corrected chi connectivity index (χ2v) is 26.6. The maximum absolute atomic E-state index is 5.17. The van der Waals surface area contributed by atoms with Crippen molar-refractivity contribution in [1.82, 2.24) is 4.90 Å². The molecule has 0 bridgehead atoms. The molecule has 0 rings (SSSR count). The van der Waals surface area contributed by atoms with Crippen LogP contribution in [-0.4, -0.2) is 40.3 Å². The average molecular weight is 284 g/mol. The molecular weight excluding hydrogens is 269 g/mol. The van der Waals surface area contributed by atoms with E-state index in [1.807, 2.05) is 27.9 Å². The third-order valence-corrected chi connectivity index (χ3v) is 10.7. The Morgan fingerprint density at radius 2 is 1.70 bits per heavy atom. The van der Waals surface area contributed by atoms with Gasteiger partial charge in [-0.3, -0.25) is 0 Å². The Hall–Kier alpha value is 1.04. The predicted molar refractivity (Wildman–Crippen MR) is 57.2 cm³/mol. The van der Waals surface area contributed by atoms with E-state index < -0.39 is 17.0 Å². The van der Waals surface area contributed by atoms with E-state index >= 15 is 0 Å². The van der Waals surface area contributed by atoms with Gasteiger partial charge >= 0.3 is 76.3 Å². The van der Waals surface area contributed by atoms with E-state index in [-0.39, 0.29) is 0 Å². The Morgan fingerprint density at radius 1 is 1.30 bits per heavy atom. The monoisotopic (exact) mass is 285 g/mol. The van der Waals surface area contributed by atoms with Crippen LogP contribution in [0.15, 0.2) is 0 Å². The van der Waals surface area contributed by atoms with Gasteiger partial charge in [-0.05, 0) is 0 Å². The number of thiocarbonyl (C=S) groups is 1. The van der Waals surface area contributed by atoms with Gasteiger partial charge in [0.25, 0.3) is 0 Å². The molecule has 10 heavy (non-hydrogen) atoms. The Bertz CT molecular complexity index is 128. The number of hydrogen-bond donors (Lipinski definition) is 0. The first-order valence-electron chi connectivity index (χ1n) is 3.23. The van der Waals surface area contributed by atoms with E-state index in [2.05, 4.69) is 14.8 Å². The van der Waals surface area contributed by atoms with Crippen LogP contribution in [0.1, 0.15) is 0 Å². The fraction of sp³-hybridized carbons (Fsp3) is 0.833. The number of hydrogen-bond acceptors (Lipinski definition) is 2. The van der Waals surface area contributed by atoms with Gasteiger partial charge in [0.05, 0.1) is 0 Å². The molecule has 0 radical (unpaired) electrons. The first-order chi connectivity index (χ1) is 4.33. The molecule has 0 aliphatic heterocycles. The topological polar surface area (TPSA) is 3.24 Å². The van der Waals surface area contributed by atoms with Crippen molar-refractivity contribution in [2.24, 2.45) is 0 Å². The molecule has 0 aromatic rings. The van der Waals surface area contributed by atoms with Crippen molar-refractivity contribution in [2.45, 2.75) is 14.8 Å². The first-order valence-corrected chi connectivity index (χ1v) is 16.5. The SMILES string of the molecule is CN(C)C(=S)[S][Sn]([CH3])([CH3])[CH3]. The number of nitrogens with zero attached hydrogens (tertiary/aromatic N) is 1. The van der Waals surface area contributed by atoms with Crippen LogP contribution in [0, 0.1) is 0 Å². The van der Waals surface area contributed by atoms with Crippen LogP contribution < -0.4 is 0 Å². The van der Waals surface area contributed by atoms with Gasteiger partial charge in [0.2, 0.25) is 0 Å². The van der Waals surface area contributed by atoms with Crippen molar-refractivity contribution < 1.29 is 0 Å². The van der Waals surface area contributed by atoms with Crippen LogP contribution in [0.2, 0.25) is 14.8 Å². The molecule has 0 aliphatic carbocycles. The third-order valence-electron chi connectivity index (χ3n) is 0.759. The molecule has 0 unspecified atom stereocenters. The molecule has 0 heterocycles. The maximum atomic E-state index is 5.17. The van der Waals surface area contributed by atoms with Crippen molar-refractivity contribution in [3.63, 3.8) is 0 Å². The molecule has 0 spiro atoms. The molecule has 1 nitrogen and oxygen atoms in total. The third kappa shape index (κ3) is 5.80. The Balaban J connectivity index is 3.81. The molecule has 0 aliphatic rings. The molecule has 0 fully saturated rings. The van der Waals surface area contributed by atoms with E-state index in [4.69, 9.17) is 12.2 Å². The van der Waals surface area contributed by atoms with Crippen LogP contribution in [0.5, 0.6) is 0 Å². The summed E-state index contributed by atoms with van der Waals surface area (Å²) in [5, 5.41) is 0. The van der Waals surface area contributed by atoms with Crippen LogP contribution in [-0.2, 0) is 0 Å². The van der Waals surface area contributed by atoms with Gasteiger partial charge in [-0.15, -0.1) is 0 Å². The molecular formula is C6H15NS2Sn. The fourth-order valence-corrected chi connectivity index (χ4v) is 12.1. The van der Waals surface area contributed by atoms with Crippen molar-refractivity contribution in [1.29, 1.82) is 0 Å². The van der Waals surface area contributed by atoms with E-state index in [9.17, 15) is 0 Å². The predicted octanol–water partition coefficient (Wildman–Crippen LogP) is 2.40. The van der Waals surface area contributed by atoms with E-state index in [0.717, 1.165) is 4.32 Å². The Morgan fingerprint density at radius 3 is 1.80 bits per heavy atom. The summed E-state index contributed by atoms with van der Waals surface area (Å²) >= 11 is 3.46. The van der Waals surface area contributed by atoms with Gasteiger partial charge in [-0.1, -0.05) is 0 Å². The van der Waals surface area contributed by atoms with E-state index in [0.29, 0.717) is 0 Å². The van der Waals surface area contributed by atoms with Gasteiger partial charge in [-0.2, -0.15) is 0 Å². The molecule has 0 N–H and O–H groups in total. The normalized spacial score (nSPS) is 11.3. The van der Waals surface area contributed by atoms with Crippen molar-refractivity contribution >= 4 is 42.5 Å². The molecule has 0 aromatic heterocycles. The summed E-state index contributed by atoms with van der Waals surface area (Å²) in [5.74, 6) is 0. The quantitative estimate of drug-likeness (QED) is 0.537. The molecule has 0 aromatic carbocycles. The van der Waals surface area contributed by atoms with Crippen molar-refractivity contribution in [3.8, 4) is 0 Å². The summed E-state index contributed by atoms with van der Waals surface area (Å²) < 4.78 is 1.04. The summed E-state index contributed by atoms with van der Waals surface area (Å²) in [6.45, 7) is 0. The minimum atomic E-state index is -1.71. The summed E-state index contributed by atoms with van der Waals surface area (Å²) in [7, 11) is 5.95. The minimum absolute atomic E-state index is 1.04. The fourth-order valence-electron chi connectivity index (χ4n) is 0.353. The summed E-state index contributed by atoms with van der Waals surface area (Å²) in [4.78, 5) is 9.13. The zero-order chi connectivity index (χ0) is 8.36. The second kappa shape index (κ2) is 4.16. The summed E-state index contributed by atoms with van der Waals surface area (Å²) in [6, 6.07) is 0. The summed E-state index contributed by atoms with van der Waals surface area (Å²) in [5.41, 5.74) is 0. The average Bonchev–Trinajstić information content (AvgIpc) is 1.60. The summed E-state index contributed by atoms with van der Waals surface area (Å²) in [6.07, 6.45) is 0. The second-order valence-electron chi connectivity index (χ2n) is 3.37. The zero-order valence-corrected chi connectivity index (χ0v) is 11.8. The Labute approximate surface area is 75.9 Å². The zero-order valence-electron chi connectivity index (χ0n) is 7.26. The van der Waals surface area contributed by atoms with Gasteiger partial charge in [0, 0.05) is 0 Å². The molecule has 0 amide bonds. The van der Waals surface area contributed by atoms with Gasteiger partial charge in [0.15, 0.2) is 0 Å². The van der Waals surface area contributed by atoms with E-state index in [1.165, 1.54) is 0 Å². The van der Waals surface area contributed by atoms with Crippen LogP contribution in [0.25, 0.3) is 0 Å². The van der Waals surface area contributed by atoms with Crippen molar-refractivity contribution in [2.75, 3.05) is 14.1 Å². The Kier molecular flexibility index (Phi) is 4.59. The van der Waals surface area contributed by atoms with Gasteiger partial charge in [0.1, 0.15) is 0 Å². The molecule has 0 atom stereocenters. The van der Waals surface area contributed by atoms with Gasteiger partial charge in [-0.25, -0.2) is 0 Å². The van der Waals surface area contributed by atoms with E-state index in [1.54, 1.807) is 0 Å². The molecule has 60 valence electrons. The molecule has 0 saturated carbocycles. The van der Waals surface area contributed by atoms with Crippen LogP contribution >= 0.6 is 21.2 Å². The molecule has 0 saturated heterocycles. The standard InChI is InChI=1S/C3H7NS2.3CH3.Sn/c1-4(2)3(5)6;;;;/h1-2H3,(H,5,6);3*1H3;/q;;;;+1/p-1. The van der Waals surface area contributed by atoms with Crippen LogP contribution in [0.3, 0.4) is 0 Å². The van der Waals surface area contributed by atoms with Crippen molar-refractivity contribution in [3.05, 3.63) is 0 Å². The van der Waals surface area contributed by atoms with Gasteiger partial charge < -0.3 is 0 Å². The first kappa shape index (κ1) is 11.0. The van der Waals surface area contributed by atoms with Crippen LogP contribution in [0.4, 0.5) is 0 Å². The number of rotatable bonds is 1.